The van der Waals surface area contributed by atoms with E-state index in [2.05, 4.69) is 28.7 Å². The Bertz CT molecular complexity index is 472. The van der Waals surface area contributed by atoms with Crippen molar-refractivity contribution in [2.45, 2.75) is 18.7 Å². The first-order valence-electron chi connectivity index (χ1n) is 5.91. The molecule has 1 N–H and O–H groups in total. The molecule has 18 heavy (non-hydrogen) atoms. The fourth-order valence-electron chi connectivity index (χ4n) is 1.49. The van der Waals surface area contributed by atoms with Crippen molar-refractivity contribution in [3.63, 3.8) is 0 Å². The Morgan fingerprint density at radius 2 is 2.06 bits per heavy atom. The Kier molecular flexibility index (Phi) is 4.78. The fourth-order valence-corrected chi connectivity index (χ4v) is 1.77. The molecule has 0 aliphatic rings. The molecular weight excluding hydrogens is 246 g/mol. The van der Waals surface area contributed by atoms with Crippen LogP contribution in [0, 0.1) is 0 Å². The van der Waals surface area contributed by atoms with Crippen molar-refractivity contribution in [1.29, 1.82) is 0 Å². The van der Waals surface area contributed by atoms with Crippen LogP contribution in [0.5, 0.6) is 0 Å². The third kappa shape index (κ3) is 3.58. The van der Waals surface area contributed by atoms with Gasteiger partial charge in [-0.2, -0.15) is 11.8 Å². The highest BCUT2D eigenvalue weighted by Crippen LogP contribution is 2.16. The summed E-state index contributed by atoms with van der Waals surface area (Å²) in [7, 11) is 0. The summed E-state index contributed by atoms with van der Waals surface area (Å²) in [5.41, 5.74) is 0.953. The zero-order chi connectivity index (χ0) is 12.8. The highest BCUT2D eigenvalue weighted by atomic mass is 32.2. The Morgan fingerprint density at radius 1 is 1.28 bits per heavy atom. The predicted molar refractivity (Wildman–Crippen MR) is 74.4 cm³/mol. The Labute approximate surface area is 111 Å². The number of nitrogens with one attached hydrogen (secondary N) is 1. The van der Waals surface area contributed by atoms with Crippen LogP contribution in [0.4, 0.5) is 0 Å². The minimum absolute atomic E-state index is 0.574. The maximum absolute atomic E-state index is 5.59. The second-order valence-corrected chi connectivity index (χ2v) is 5.32. The van der Waals surface area contributed by atoms with Crippen LogP contribution < -0.4 is 5.32 Å². The smallest absolute Gasteiger partial charge is 0.247 e. The third-order valence-corrected chi connectivity index (χ3v) is 3.57. The summed E-state index contributed by atoms with van der Waals surface area (Å²) < 4.78 is 5.59. The average Bonchev–Trinajstić information content (AvgIpc) is 2.88. The van der Waals surface area contributed by atoms with E-state index >= 15 is 0 Å². The summed E-state index contributed by atoms with van der Waals surface area (Å²) in [5, 5.41) is 12.0. The van der Waals surface area contributed by atoms with Gasteiger partial charge in [0, 0.05) is 17.4 Å². The standard InChI is InChI=1S/C13H17N3OS/c1-10(18-2)8-14-9-12-15-16-13(17-12)11-6-4-3-5-7-11/h3-7,10,14H,8-9H2,1-2H3. The minimum Gasteiger partial charge on any atom is -0.419 e. The average molecular weight is 263 g/mol. The maximum Gasteiger partial charge on any atom is 0.247 e. The summed E-state index contributed by atoms with van der Waals surface area (Å²) in [6, 6.07) is 9.79. The largest absolute Gasteiger partial charge is 0.419 e. The molecule has 0 radical (unpaired) electrons. The van der Waals surface area contributed by atoms with Gasteiger partial charge in [-0.15, -0.1) is 10.2 Å². The van der Waals surface area contributed by atoms with Crippen molar-refractivity contribution in [1.82, 2.24) is 15.5 Å². The molecule has 0 saturated heterocycles. The van der Waals surface area contributed by atoms with Gasteiger partial charge in [-0.3, -0.25) is 0 Å². The van der Waals surface area contributed by atoms with Crippen LogP contribution in [-0.4, -0.2) is 28.2 Å². The molecule has 2 rings (SSSR count). The summed E-state index contributed by atoms with van der Waals surface area (Å²) in [6.07, 6.45) is 2.10. The molecule has 1 aromatic carbocycles. The lowest BCUT2D eigenvalue weighted by atomic mass is 10.2. The third-order valence-electron chi connectivity index (χ3n) is 2.60. The van der Waals surface area contributed by atoms with Gasteiger partial charge in [0.05, 0.1) is 6.54 Å². The first-order valence-corrected chi connectivity index (χ1v) is 7.19. The quantitative estimate of drug-likeness (QED) is 0.868. The highest BCUT2D eigenvalue weighted by molar-refractivity contribution is 7.99. The van der Waals surface area contributed by atoms with E-state index in [1.165, 1.54) is 0 Å². The summed E-state index contributed by atoms with van der Waals surface area (Å²) >= 11 is 1.83. The number of rotatable bonds is 6. The lowest BCUT2D eigenvalue weighted by molar-refractivity contribution is 0.478. The molecule has 0 amide bonds. The van der Waals surface area contributed by atoms with Crippen LogP contribution in [-0.2, 0) is 6.54 Å². The number of benzene rings is 1. The highest BCUT2D eigenvalue weighted by Gasteiger charge is 2.07. The number of hydrogen-bond donors (Lipinski definition) is 1. The van der Waals surface area contributed by atoms with E-state index in [4.69, 9.17) is 4.42 Å². The SMILES string of the molecule is CSC(C)CNCc1nnc(-c2ccccc2)o1. The molecule has 1 heterocycles. The molecule has 0 aliphatic heterocycles. The van der Waals surface area contributed by atoms with E-state index in [1.807, 2.05) is 42.1 Å². The zero-order valence-electron chi connectivity index (χ0n) is 10.6. The number of nitrogens with zero attached hydrogens (tertiary/aromatic N) is 2. The van der Waals surface area contributed by atoms with Gasteiger partial charge >= 0.3 is 0 Å². The van der Waals surface area contributed by atoms with Crippen molar-refractivity contribution in [2.24, 2.45) is 0 Å². The lowest BCUT2D eigenvalue weighted by Crippen LogP contribution is -2.22. The van der Waals surface area contributed by atoms with Gasteiger partial charge in [-0.05, 0) is 18.4 Å². The van der Waals surface area contributed by atoms with Gasteiger partial charge in [0.2, 0.25) is 11.8 Å². The number of aromatic nitrogens is 2. The van der Waals surface area contributed by atoms with Gasteiger partial charge in [-0.25, -0.2) is 0 Å². The van der Waals surface area contributed by atoms with Crippen molar-refractivity contribution >= 4 is 11.8 Å². The van der Waals surface area contributed by atoms with Gasteiger partial charge in [-0.1, -0.05) is 25.1 Å². The van der Waals surface area contributed by atoms with Gasteiger partial charge < -0.3 is 9.73 Å². The molecule has 0 aliphatic carbocycles. The lowest BCUT2D eigenvalue weighted by Gasteiger charge is -2.07. The Hall–Kier alpha value is -1.33. The normalized spacial score (nSPS) is 12.6. The van der Waals surface area contributed by atoms with E-state index in [0.717, 1.165) is 12.1 Å². The van der Waals surface area contributed by atoms with Gasteiger partial charge in [0.25, 0.3) is 0 Å². The van der Waals surface area contributed by atoms with Crippen LogP contribution in [0.15, 0.2) is 34.7 Å². The van der Waals surface area contributed by atoms with Crippen LogP contribution in [0.1, 0.15) is 12.8 Å². The van der Waals surface area contributed by atoms with E-state index in [-0.39, 0.29) is 0 Å². The van der Waals surface area contributed by atoms with Crippen LogP contribution in [0.2, 0.25) is 0 Å². The molecule has 5 heteroatoms. The minimum atomic E-state index is 0.574. The van der Waals surface area contributed by atoms with Crippen molar-refractivity contribution < 1.29 is 4.42 Å². The second kappa shape index (κ2) is 6.56. The molecule has 2 aromatic rings. The van der Waals surface area contributed by atoms with Crippen molar-refractivity contribution in [3.05, 3.63) is 36.2 Å². The molecule has 1 aromatic heterocycles. The van der Waals surface area contributed by atoms with Crippen LogP contribution in [0.25, 0.3) is 11.5 Å². The fraction of sp³-hybridized carbons (Fsp3) is 0.385. The second-order valence-electron chi connectivity index (χ2n) is 4.04. The van der Waals surface area contributed by atoms with Crippen LogP contribution in [0.3, 0.4) is 0 Å². The first-order chi connectivity index (χ1) is 8.79. The zero-order valence-corrected chi connectivity index (χ0v) is 11.4. The molecule has 4 nitrogen and oxygen atoms in total. The Morgan fingerprint density at radius 3 is 2.78 bits per heavy atom. The molecule has 0 bridgehead atoms. The molecule has 1 atom stereocenters. The molecule has 0 spiro atoms. The predicted octanol–water partition coefficient (Wildman–Crippen LogP) is 2.58. The van der Waals surface area contributed by atoms with E-state index in [1.54, 1.807) is 0 Å². The van der Waals surface area contributed by atoms with E-state index in [9.17, 15) is 0 Å². The molecular formula is C13H17N3OS. The summed E-state index contributed by atoms with van der Waals surface area (Å²) in [5.74, 6) is 1.20. The van der Waals surface area contributed by atoms with E-state index < -0.39 is 0 Å². The summed E-state index contributed by atoms with van der Waals surface area (Å²) in [6.45, 7) is 3.73. The first kappa shape index (κ1) is 13.1. The topological polar surface area (TPSA) is 51.0 Å². The van der Waals surface area contributed by atoms with Crippen molar-refractivity contribution in [3.8, 4) is 11.5 Å². The van der Waals surface area contributed by atoms with Crippen molar-refractivity contribution in [2.75, 3.05) is 12.8 Å². The van der Waals surface area contributed by atoms with E-state index in [0.29, 0.717) is 23.6 Å². The monoisotopic (exact) mass is 263 g/mol. The van der Waals surface area contributed by atoms with Gasteiger partial charge in [0.1, 0.15) is 0 Å². The van der Waals surface area contributed by atoms with Crippen LogP contribution >= 0.6 is 11.8 Å². The Balaban J connectivity index is 1.91. The molecule has 0 fully saturated rings. The van der Waals surface area contributed by atoms with Gasteiger partial charge in [0.15, 0.2) is 0 Å². The molecule has 0 saturated carbocycles. The number of thioether (sulfide) groups is 1. The number of hydrogen-bond acceptors (Lipinski definition) is 5. The molecule has 96 valence electrons. The maximum atomic E-state index is 5.59. The molecule has 1 unspecified atom stereocenters. The summed E-state index contributed by atoms with van der Waals surface area (Å²) in [4.78, 5) is 0.